The summed E-state index contributed by atoms with van der Waals surface area (Å²) in [7, 11) is 0. The summed E-state index contributed by atoms with van der Waals surface area (Å²) in [4.78, 5) is 24.3. The SMILES string of the molecule is CCOc1ccc(OC(C)C(=O)NNC(=O)c2ccc(Br)cc2C)cc1. The first-order chi connectivity index (χ1) is 12.4. The third-order valence-corrected chi connectivity index (χ3v) is 4.04. The van der Waals surface area contributed by atoms with Gasteiger partial charge in [0, 0.05) is 10.0 Å². The lowest BCUT2D eigenvalue weighted by Gasteiger charge is -2.16. The van der Waals surface area contributed by atoms with E-state index < -0.39 is 17.9 Å². The molecule has 0 saturated heterocycles. The summed E-state index contributed by atoms with van der Waals surface area (Å²) in [5, 5.41) is 0. The van der Waals surface area contributed by atoms with Gasteiger partial charge in [-0.3, -0.25) is 20.4 Å². The van der Waals surface area contributed by atoms with E-state index in [1.807, 2.05) is 19.9 Å². The molecule has 0 fully saturated rings. The van der Waals surface area contributed by atoms with E-state index in [1.54, 1.807) is 43.3 Å². The second kappa shape index (κ2) is 9.24. The minimum Gasteiger partial charge on any atom is -0.494 e. The van der Waals surface area contributed by atoms with Gasteiger partial charge in [0.1, 0.15) is 11.5 Å². The molecule has 0 saturated carbocycles. The lowest BCUT2D eigenvalue weighted by molar-refractivity contribution is -0.128. The number of carbonyl (C=O) groups is 2. The molecule has 0 heterocycles. The molecule has 0 aromatic heterocycles. The summed E-state index contributed by atoms with van der Waals surface area (Å²) >= 11 is 3.35. The first-order valence-corrected chi connectivity index (χ1v) is 8.96. The molecule has 26 heavy (non-hydrogen) atoms. The molecule has 0 bridgehead atoms. The molecule has 2 amide bonds. The number of halogens is 1. The Kier molecular flexibility index (Phi) is 7.03. The maximum atomic E-state index is 12.2. The average Bonchev–Trinajstić information content (AvgIpc) is 2.61. The van der Waals surface area contributed by atoms with Gasteiger partial charge in [0.25, 0.3) is 11.8 Å². The van der Waals surface area contributed by atoms with Crippen LogP contribution in [0.2, 0.25) is 0 Å². The number of nitrogens with one attached hydrogen (secondary N) is 2. The van der Waals surface area contributed by atoms with Crippen LogP contribution in [0.25, 0.3) is 0 Å². The number of hydrogen-bond donors (Lipinski definition) is 2. The summed E-state index contributed by atoms with van der Waals surface area (Å²) in [5.41, 5.74) is 6.05. The number of benzene rings is 2. The molecule has 138 valence electrons. The van der Waals surface area contributed by atoms with Crippen LogP contribution in [0.5, 0.6) is 11.5 Å². The van der Waals surface area contributed by atoms with E-state index in [9.17, 15) is 9.59 Å². The smallest absolute Gasteiger partial charge is 0.279 e. The Bertz CT molecular complexity index is 778. The molecule has 6 nitrogen and oxygen atoms in total. The Labute approximate surface area is 161 Å². The van der Waals surface area contributed by atoms with Crippen molar-refractivity contribution in [1.29, 1.82) is 0 Å². The summed E-state index contributed by atoms with van der Waals surface area (Å²) in [6.45, 7) is 5.90. The van der Waals surface area contributed by atoms with E-state index in [1.165, 1.54) is 0 Å². The minimum absolute atomic E-state index is 0.392. The average molecular weight is 421 g/mol. The van der Waals surface area contributed by atoms with Crippen LogP contribution in [0.15, 0.2) is 46.9 Å². The standard InChI is InChI=1S/C19H21BrN2O4/c1-4-25-15-6-8-16(9-7-15)26-13(3)18(23)21-22-19(24)17-10-5-14(20)11-12(17)2/h5-11,13H,4H2,1-3H3,(H,21,23)(H,22,24). The van der Waals surface area contributed by atoms with Crippen molar-refractivity contribution in [2.45, 2.75) is 26.9 Å². The van der Waals surface area contributed by atoms with Gasteiger partial charge in [-0.15, -0.1) is 0 Å². The van der Waals surface area contributed by atoms with Crippen LogP contribution in [0.1, 0.15) is 29.8 Å². The van der Waals surface area contributed by atoms with E-state index >= 15 is 0 Å². The Morgan fingerprint density at radius 3 is 2.35 bits per heavy atom. The van der Waals surface area contributed by atoms with Crippen LogP contribution in [0.4, 0.5) is 0 Å². The molecule has 0 aliphatic carbocycles. The van der Waals surface area contributed by atoms with E-state index in [4.69, 9.17) is 9.47 Å². The number of rotatable bonds is 6. The highest BCUT2D eigenvalue weighted by atomic mass is 79.9. The molecular weight excluding hydrogens is 400 g/mol. The molecule has 1 unspecified atom stereocenters. The van der Waals surface area contributed by atoms with Crippen molar-refractivity contribution in [3.05, 3.63) is 58.1 Å². The summed E-state index contributed by atoms with van der Waals surface area (Å²) in [5.74, 6) is 0.416. The lowest BCUT2D eigenvalue weighted by Crippen LogP contribution is -2.47. The minimum atomic E-state index is -0.778. The molecule has 1 atom stereocenters. The predicted molar refractivity (Wildman–Crippen MR) is 102 cm³/mol. The first kappa shape index (κ1) is 19.8. The van der Waals surface area contributed by atoms with Crippen LogP contribution in [0, 0.1) is 6.92 Å². The zero-order valence-electron chi connectivity index (χ0n) is 14.8. The highest BCUT2D eigenvalue weighted by molar-refractivity contribution is 9.10. The fourth-order valence-electron chi connectivity index (χ4n) is 2.21. The second-order valence-electron chi connectivity index (χ2n) is 5.57. The number of ether oxygens (including phenoxy) is 2. The van der Waals surface area contributed by atoms with Crippen molar-refractivity contribution in [1.82, 2.24) is 10.9 Å². The zero-order valence-corrected chi connectivity index (χ0v) is 16.4. The van der Waals surface area contributed by atoms with Gasteiger partial charge in [0.05, 0.1) is 6.61 Å². The molecule has 2 rings (SSSR count). The summed E-state index contributed by atoms with van der Waals surface area (Å²) in [6.07, 6.45) is -0.778. The van der Waals surface area contributed by atoms with Crippen LogP contribution < -0.4 is 20.3 Å². The largest absolute Gasteiger partial charge is 0.494 e. The van der Waals surface area contributed by atoms with Gasteiger partial charge in [-0.2, -0.15) is 0 Å². The Morgan fingerprint density at radius 1 is 1.08 bits per heavy atom. The molecular formula is C19H21BrN2O4. The Morgan fingerprint density at radius 2 is 1.73 bits per heavy atom. The summed E-state index contributed by atoms with van der Waals surface area (Å²) in [6, 6.07) is 12.2. The van der Waals surface area contributed by atoms with Crippen LogP contribution in [-0.4, -0.2) is 24.5 Å². The first-order valence-electron chi connectivity index (χ1n) is 8.16. The third-order valence-electron chi connectivity index (χ3n) is 3.55. The van der Waals surface area contributed by atoms with Crippen molar-refractivity contribution < 1.29 is 19.1 Å². The van der Waals surface area contributed by atoms with Gasteiger partial charge < -0.3 is 9.47 Å². The van der Waals surface area contributed by atoms with Gasteiger partial charge in [-0.05, 0) is 68.8 Å². The highest BCUT2D eigenvalue weighted by Gasteiger charge is 2.16. The number of aryl methyl sites for hydroxylation is 1. The number of amides is 2. The summed E-state index contributed by atoms with van der Waals surface area (Å²) < 4.78 is 11.8. The third kappa shape index (κ3) is 5.49. The molecule has 7 heteroatoms. The van der Waals surface area contributed by atoms with Gasteiger partial charge in [0.15, 0.2) is 6.10 Å². The molecule has 2 aromatic rings. The van der Waals surface area contributed by atoms with Crippen LogP contribution >= 0.6 is 15.9 Å². The topological polar surface area (TPSA) is 76.7 Å². The normalized spacial score (nSPS) is 11.4. The predicted octanol–water partition coefficient (Wildman–Crippen LogP) is 3.38. The maximum absolute atomic E-state index is 12.2. The molecule has 2 aromatic carbocycles. The van der Waals surface area contributed by atoms with Crippen molar-refractivity contribution in [2.24, 2.45) is 0 Å². The van der Waals surface area contributed by atoms with E-state index in [2.05, 4.69) is 26.8 Å². The van der Waals surface area contributed by atoms with Gasteiger partial charge in [-0.1, -0.05) is 15.9 Å². The van der Waals surface area contributed by atoms with Crippen molar-refractivity contribution in [2.75, 3.05) is 6.61 Å². The quantitative estimate of drug-likeness (QED) is 0.702. The van der Waals surface area contributed by atoms with Gasteiger partial charge >= 0.3 is 0 Å². The van der Waals surface area contributed by atoms with Crippen molar-refractivity contribution >= 4 is 27.7 Å². The zero-order chi connectivity index (χ0) is 19.1. The Hall–Kier alpha value is -2.54. The van der Waals surface area contributed by atoms with E-state index in [-0.39, 0.29) is 0 Å². The van der Waals surface area contributed by atoms with Crippen molar-refractivity contribution in [3.63, 3.8) is 0 Å². The monoisotopic (exact) mass is 420 g/mol. The number of hydrazine groups is 1. The Balaban J connectivity index is 1.87. The molecule has 0 aliphatic heterocycles. The van der Waals surface area contributed by atoms with Gasteiger partial charge in [-0.25, -0.2) is 0 Å². The highest BCUT2D eigenvalue weighted by Crippen LogP contribution is 2.18. The fourth-order valence-corrected chi connectivity index (χ4v) is 2.68. The van der Waals surface area contributed by atoms with Gasteiger partial charge in [0.2, 0.25) is 0 Å². The van der Waals surface area contributed by atoms with Crippen molar-refractivity contribution in [3.8, 4) is 11.5 Å². The lowest BCUT2D eigenvalue weighted by atomic mass is 10.1. The molecule has 0 radical (unpaired) electrons. The van der Waals surface area contributed by atoms with Crippen LogP contribution in [-0.2, 0) is 4.79 Å². The number of hydrogen-bond acceptors (Lipinski definition) is 4. The van der Waals surface area contributed by atoms with E-state index in [0.29, 0.717) is 17.9 Å². The maximum Gasteiger partial charge on any atom is 0.279 e. The fraction of sp³-hybridized carbons (Fsp3) is 0.263. The number of carbonyl (C=O) groups excluding carboxylic acids is 2. The molecule has 2 N–H and O–H groups in total. The van der Waals surface area contributed by atoms with Crippen LogP contribution in [0.3, 0.4) is 0 Å². The second-order valence-corrected chi connectivity index (χ2v) is 6.48. The molecule has 0 aliphatic rings. The molecule has 0 spiro atoms. The van der Waals surface area contributed by atoms with E-state index in [0.717, 1.165) is 15.8 Å².